The van der Waals surface area contributed by atoms with E-state index in [9.17, 15) is 0 Å². The summed E-state index contributed by atoms with van der Waals surface area (Å²) in [5.74, 6) is 0.755. The first-order chi connectivity index (χ1) is 11.3. The first-order valence-electron chi connectivity index (χ1n) is 7.77. The van der Waals surface area contributed by atoms with Crippen LogP contribution < -0.4 is 4.74 Å². The molecule has 5 nitrogen and oxygen atoms in total. The van der Waals surface area contributed by atoms with Crippen LogP contribution in [-0.4, -0.2) is 28.5 Å². The highest BCUT2D eigenvalue weighted by atomic mass is 35.5. The van der Waals surface area contributed by atoms with Gasteiger partial charge in [-0.15, -0.1) is 0 Å². The van der Waals surface area contributed by atoms with Gasteiger partial charge in [-0.1, -0.05) is 11.6 Å². The Balaban J connectivity index is 1.76. The molecule has 0 amide bonds. The average Bonchev–Trinajstić information content (AvgIpc) is 3.21. The summed E-state index contributed by atoms with van der Waals surface area (Å²) in [6.45, 7) is 0.805. The number of ether oxygens (including phenoxy) is 2. The van der Waals surface area contributed by atoms with Gasteiger partial charge in [-0.05, 0) is 31.4 Å². The summed E-state index contributed by atoms with van der Waals surface area (Å²) in [4.78, 5) is 3.26. The molecule has 3 heterocycles. The Morgan fingerprint density at radius 3 is 3.09 bits per heavy atom. The second kappa shape index (κ2) is 5.91. The highest BCUT2D eigenvalue weighted by molar-refractivity contribution is 6.31. The maximum absolute atomic E-state index is 6.13. The van der Waals surface area contributed by atoms with E-state index in [2.05, 4.69) is 10.1 Å². The van der Waals surface area contributed by atoms with Crippen LogP contribution in [0.25, 0.3) is 22.0 Å². The van der Waals surface area contributed by atoms with Crippen molar-refractivity contribution in [3.05, 3.63) is 35.7 Å². The molecule has 1 fully saturated rings. The first kappa shape index (κ1) is 14.6. The first-order valence-corrected chi connectivity index (χ1v) is 8.15. The lowest BCUT2D eigenvalue weighted by molar-refractivity contribution is -0.0394. The van der Waals surface area contributed by atoms with E-state index in [0.717, 1.165) is 47.2 Å². The van der Waals surface area contributed by atoms with E-state index in [1.54, 1.807) is 7.11 Å². The van der Waals surface area contributed by atoms with Crippen molar-refractivity contribution in [2.24, 2.45) is 0 Å². The van der Waals surface area contributed by atoms with Crippen LogP contribution in [0.15, 0.2) is 30.7 Å². The van der Waals surface area contributed by atoms with Gasteiger partial charge in [0.05, 0.1) is 18.8 Å². The molecule has 120 valence electrons. The number of hydrogen-bond donors (Lipinski definition) is 1. The zero-order valence-corrected chi connectivity index (χ0v) is 13.6. The van der Waals surface area contributed by atoms with E-state index >= 15 is 0 Å². The summed E-state index contributed by atoms with van der Waals surface area (Å²) in [5, 5.41) is 6.15. The van der Waals surface area contributed by atoms with Crippen molar-refractivity contribution in [2.45, 2.75) is 25.5 Å². The number of aromatic nitrogens is 3. The Morgan fingerprint density at radius 1 is 1.39 bits per heavy atom. The van der Waals surface area contributed by atoms with Gasteiger partial charge >= 0.3 is 0 Å². The van der Waals surface area contributed by atoms with Crippen molar-refractivity contribution in [3.63, 3.8) is 0 Å². The Hall–Kier alpha value is -1.98. The van der Waals surface area contributed by atoms with E-state index in [-0.39, 0.29) is 6.23 Å². The Morgan fingerprint density at radius 2 is 2.30 bits per heavy atom. The predicted octanol–water partition coefficient (Wildman–Crippen LogP) is 4.39. The van der Waals surface area contributed by atoms with Gasteiger partial charge in [0.2, 0.25) is 0 Å². The van der Waals surface area contributed by atoms with Crippen molar-refractivity contribution in [1.29, 1.82) is 0 Å². The molecule has 1 aliphatic rings. The van der Waals surface area contributed by atoms with Gasteiger partial charge in [0.1, 0.15) is 12.0 Å². The van der Waals surface area contributed by atoms with Gasteiger partial charge in [0.25, 0.3) is 0 Å². The molecule has 0 aliphatic carbocycles. The molecule has 1 aliphatic heterocycles. The van der Waals surface area contributed by atoms with Crippen LogP contribution in [0.5, 0.6) is 5.75 Å². The number of aromatic amines is 1. The third kappa shape index (κ3) is 2.60. The number of fused-ring (bicyclic) bond motifs is 1. The normalized spacial score (nSPS) is 18.4. The molecule has 0 bridgehead atoms. The van der Waals surface area contributed by atoms with Crippen molar-refractivity contribution in [1.82, 2.24) is 14.8 Å². The minimum atomic E-state index is 0.0408. The van der Waals surface area contributed by atoms with Crippen molar-refractivity contribution in [2.75, 3.05) is 13.7 Å². The van der Waals surface area contributed by atoms with E-state index in [4.69, 9.17) is 21.1 Å². The van der Waals surface area contributed by atoms with Gasteiger partial charge < -0.3 is 14.5 Å². The van der Waals surface area contributed by atoms with E-state index in [1.165, 1.54) is 6.42 Å². The minimum Gasteiger partial charge on any atom is -0.496 e. The van der Waals surface area contributed by atoms with Gasteiger partial charge in [0, 0.05) is 40.5 Å². The van der Waals surface area contributed by atoms with E-state index in [0.29, 0.717) is 5.02 Å². The second-order valence-electron chi connectivity index (χ2n) is 5.76. The molecule has 6 heteroatoms. The fourth-order valence-electron chi connectivity index (χ4n) is 3.15. The van der Waals surface area contributed by atoms with Crippen LogP contribution in [-0.2, 0) is 4.74 Å². The van der Waals surface area contributed by atoms with Crippen LogP contribution in [0.3, 0.4) is 0 Å². The number of nitrogens with zero attached hydrogens (tertiary/aromatic N) is 2. The number of benzene rings is 1. The largest absolute Gasteiger partial charge is 0.496 e. The van der Waals surface area contributed by atoms with Crippen molar-refractivity contribution in [3.8, 4) is 16.9 Å². The lowest BCUT2D eigenvalue weighted by Gasteiger charge is -2.22. The van der Waals surface area contributed by atoms with Crippen LogP contribution in [0.4, 0.5) is 0 Å². The van der Waals surface area contributed by atoms with Crippen LogP contribution in [0.2, 0.25) is 5.02 Å². The molecule has 1 unspecified atom stereocenters. The minimum absolute atomic E-state index is 0.0408. The standard InChI is InChI=1S/C17H18ClN3O2/c1-22-15-7-12(18)6-14-17(15)13(9-19-14)11-8-20-21(10-11)16-4-2-3-5-23-16/h6-10,16,19H,2-5H2,1H3. The zero-order valence-electron chi connectivity index (χ0n) is 12.9. The smallest absolute Gasteiger partial charge is 0.150 e. The molecule has 1 N–H and O–H groups in total. The maximum atomic E-state index is 6.13. The van der Waals surface area contributed by atoms with E-state index in [1.807, 2.05) is 35.4 Å². The molecule has 3 aromatic rings. The van der Waals surface area contributed by atoms with Crippen LogP contribution in [0.1, 0.15) is 25.5 Å². The molecular weight excluding hydrogens is 314 g/mol. The quantitative estimate of drug-likeness (QED) is 0.774. The summed E-state index contributed by atoms with van der Waals surface area (Å²) in [6.07, 6.45) is 9.23. The molecule has 2 aromatic heterocycles. The zero-order chi connectivity index (χ0) is 15.8. The predicted molar refractivity (Wildman–Crippen MR) is 89.9 cm³/mol. The second-order valence-corrected chi connectivity index (χ2v) is 6.20. The lowest BCUT2D eigenvalue weighted by atomic mass is 10.1. The summed E-state index contributed by atoms with van der Waals surface area (Å²) in [6, 6.07) is 3.73. The molecule has 1 saturated heterocycles. The van der Waals surface area contributed by atoms with Gasteiger partial charge in [-0.3, -0.25) is 0 Å². The van der Waals surface area contributed by atoms with Gasteiger partial charge in [-0.2, -0.15) is 5.10 Å². The molecule has 23 heavy (non-hydrogen) atoms. The molecule has 4 rings (SSSR count). The number of hydrogen-bond acceptors (Lipinski definition) is 3. The molecule has 0 radical (unpaired) electrons. The summed E-state index contributed by atoms with van der Waals surface area (Å²) in [5.41, 5.74) is 3.03. The Labute approximate surface area is 139 Å². The number of methoxy groups -OCH3 is 1. The fraction of sp³-hybridized carbons (Fsp3) is 0.353. The molecular formula is C17H18ClN3O2. The maximum Gasteiger partial charge on any atom is 0.150 e. The third-order valence-corrected chi connectivity index (χ3v) is 4.51. The molecule has 0 spiro atoms. The SMILES string of the molecule is COc1cc(Cl)cc2[nH]cc(-c3cnn(C4CCCCO4)c3)c12. The number of rotatable bonds is 3. The monoisotopic (exact) mass is 331 g/mol. The van der Waals surface area contributed by atoms with Crippen LogP contribution >= 0.6 is 11.6 Å². The fourth-order valence-corrected chi connectivity index (χ4v) is 3.36. The molecule has 1 aromatic carbocycles. The third-order valence-electron chi connectivity index (χ3n) is 4.29. The number of H-pyrrole nitrogens is 1. The summed E-state index contributed by atoms with van der Waals surface area (Å²) in [7, 11) is 1.65. The van der Waals surface area contributed by atoms with Crippen molar-refractivity contribution < 1.29 is 9.47 Å². The Kier molecular flexibility index (Phi) is 3.75. The lowest BCUT2D eigenvalue weighted by Crippen LogP contribution is -2.18. The number of nitrogens with one attached hydrogen (secondary N) is 1. The summed E-state index contributed by atoms with van der Waals surface area (Å²) < 4.78 is 13.2. The van der Waals surface area contributed by atoms with Gasteiger partial charge in [0.15, 0.2) is 0 Å². The molecule has 0 saturated carbocycles. The van der Waals surface area contributed by atoms with Crippen molar-refractivity contribution >= 4 is 22.5 Å². The highest BCUT2D eigenvalue weighted by Gasteiger charge is 2.19. The number of halogens is 1. The van der Waals surface area contributed by atoms with E-state index < -0.39 is 0 Å². The van der Waals surface area contributed by atoms with Gasteiger partial charge in [-0.25, -0.2) is 4.68 Å². The van der Waals surface area contributed by atoms with Crippen LogP contribution in [0, 0.1) is 0 Å². The average molecular weight is 332 g/mol. The Bertz CT molecular complexity index is 834. The molecule has 1 atom stereocenters. The topological polar surface area (TPSA) is 52.1 Å². The summed E-state index contributed by atoms with van der Waals surface area (Å²) >= 11 is 6.13. The highest BCUT2D eigenvalue weighted by Crippen LogP contribution is 2.37.